The maximum Gasteiger partial charge on any atom is 0.262 e. The molecule has 0 saturated heterocycles. The van der Waals surface area contributed by atoms with Gasteiger partial charge in [-0.1, -0.05) is 24.3 Å². The summed E-state index contributed by atoms with van der Waals surface area (Å²) >= 11 is 0. The normalized spacial score (nSPS) is 10.5. The van der Waals surface area contributed by atoms with Gasteiger partial charge in [0.25, 0.3) is 5.91 Å². The second kappa shape index (κ2) is 7.19. The number of rotatable bonds is 5. The number of fused-ring (bicyclic) bond motifs is 1. The standard InChI is InChI=1S/C19H20N4O2/c1-12-6-7-13(2)15(10-12)21-18(24)11-25-16-5-3-4-14-8-9-17(23-20)22-19(14)16/h3-10H,11,20H2,1-2H3,(H,21,24)(H,22,23). The highest BCUT2D eigenvalue weighted by molar-refractivity contribution is 5.93. The number of benzene rings is 2. The van der Waals surface area contributed by atoms with Crippen molar-refractivity contribution in [1.29, 1.82) is 0 Å². The second-order valence-electron chi connectivity index (χ2n) is 5.82. The lowest BCUT2D eigenvalue weighted by atomic mass is 10.1. The summed E-state index contributed by atoms with van der Waals surface area (Å²) in [6.07, 6.45) is 0. The lowest BCUT2D eigenvalue weighted by Crippen LogP contribution is -2.20. The van der Waals surface area contributed by atoms with Crippen LogP contribution in [0, 0.1) is 13.8 Å². The Hall–Kier alpha value is -3.12. The van der Waals surface area contributed by atoms with Crippen molar-refractivity contribution in [3.8, 4) is 5.75 Å². The van der Waals surface area contributed by atoms with Gasteiger partial charge in [0, 0.05) is 11.1 Å². The number of nitrogens with zero attached hydrogens (tertiary/aromatic N) is 1. The average Bonchev–Trinajstić information content (AvgIpc) is 2.62. The van der Waals surface area contributed by atoms with E-state index in [0.717, 1.165) is 22.2 Å². The predicted octanol–water partition coefficient (Wildman–Crippen LogP) is 3.15. The number of hydrogen-bond acceptors (Lipinski definition) is 5. The molecule has 3 rings (SSSR count). The quantitative estimate of drug-likeness (QED) is 0.492. The first-order valence-electron chi connectivity index (χ1n) is 7.93. The summed E-state index contributed by atoms with van der Waals surface area (Å²) in [6, 6.07) is 15.1. The van der Waals surface area contributed by atoms with E-state index in [4.69, 9.17) is 10.6 Å². The van der Waals surface area contributed by atoms with Crippen LogP contribution in [0.1, 0.15) is 11.1 Å². The summed E-state index contributed by atoms with van der Waals surface area (Å²) < 4.78 is 5.68. The number of ether oxygens (including phenoxy) is 1. The molecule has 1 heterocycles. The van der Waals surface area contributed by atoms with Crippen LogP contribution in [-0.4, -0.2) is 17.5 Å². The van der Waals surface area contributed by atoms with Crippen LogP contribution in [0.3, 0.4) is 0 Å². The fraction of sp³-hybridized carbons (Fsp3) is 0.158. The molecule has 0 bridgehead atoms. The number of nitrogens with two attached hydrogens (primary N) is 1. The lowest BCUT2D eigenvalue weighted by molar-refractivity contribution is -0.118. The van der Waals surface area contributed by atoms with Crippen molar-refractivity contribution in [3.63, 3.8) is 0 Å². The SMILES string of the molecule is Cc1ccc(C)c(NC(=O)COc2cccc3ccc(NN)nc23)c1. The summed E-state index contributed by atoms with van der Waals surface area (Å²) in [5, 5.41) is 3.78. The molecule has 0 spiro atoms. The number of hydrazine groups is 1. The van der Waals surface area contributed by atoms with Crippen LogP contribution < -0.4 is 21.3 Å². The molecule has 0 unspecified atom stereocenters. The highest BCUT2D eigenvalue weighted by atomic mass is 16.5. The third-order valence-electron chi connectivity index (χ3n) is 3.86. The Morgan fingerprint density at radius 1 is 1.16 bits per heavy atom. The smallest absolute Gasteiger partial charge is 0.262 e. The molecule has 6 nitrogen and oxygen atoms in total. The first-order chi connectivity index (χ1) is 12.1. The summed E-state index contributed by atoms with van der Waals surface area (Å²) in [4.78, 5) is 16.6. The predicted molar refractivity (Wildman–Crippen MR) is 99.6 cm³/mol. The van der Waals surface area contributed by atoms with E-state index in [2.05, 4.69) is 15.7 Å². The van der Waals surface area contributed by atoms with Crippen molar-refractivity contribution in [2.75, 3.05) is 17.3 Å². The van der Waals surface area contributed by atoms with Gasteiger partial charge in [-0.05, 0) is 49.2 Å². The fourth-order valence-electron chi connectivity index (χ4n) is 2.52. The number of para-hydroxylation sites is 1. The van der Waals surface area contributed by atoms with Gasteiger partial charge in [0.1, 0.15) is 17.1 Å². The number of nitrogen functional groups attached to an aromatic ring is 1. The Labute approximate surface area is 146 Å². The van der Waals surface area contributed by atoms with Crippen molar-refractivity contribution in [2.24, 2.45) is 5.84 Å². The molecule has 1 amide bonds. The van der Waals surface area contributed by atoms with Crippen molar-refractivity contribution in [1.82, 2.24) is 4.98 Å². The van der Waals surface area contributed by atoms with Gasteiger partial charge >= 0.3 is 0 Å². The molecule has 0 aliphatic rings. The fourth-order valence-corrected chi connectivity index (χ4v) is 2.52. The number of pyridine rings is 1. The van der Waals surface area contributed by atoms with Crippen LogP contribution in [0.2, 0.25) is 0 Å². The van der Waals surface area contributed by atoms with E-state index in [9.17, 15) is 4.79 Å². The summed E-state index contributed by atoms with van der Waals surface area (Å²) in [5.41, 5.74) is 6.04. The van der Waals surface area contributed by atoms with E-state index in [-0.39, 0.29) is 12.5 Å². The summed E-state index contributed by atoms with van der Waals surface area (Å²) in [5.74, 6) is 6.25. The zero-order valence-electron chi connectivity index (χ0n) is 14.2. The van der Waals surface area contributed by atoms with Gasteiger partial charge in [-0.3, -0.25) is 4.79 Å². The summed E-state index contributed by atoms with van der Waals surface area (Å²) in [6.45, 7) is 3.83. The first-order valence-corrected chi connectivity index (χ1v) is 7.93. The zero-order chi connectivity index (χ0) is 17.8. The minimum atomic E-state index is -0.223. The van der Waals surface area contributed by atoms with E-state index in [1.807, 2.05) is 50.2 Å². The van der Waals surface area contributed by atoms with Crippen LogP contribution in [0.5, 0.6) is 5.75 Å². The highest BCUT2D eigenvalue weighted by Gasteiger charge is 2.09. The molecular weight excluding hydrogens is 316 g/mol. The highest BCUT2D eigenvalue weighted by Crippen LogP contribution is 2.25. The van der Waals surface area contributed by atoms with E-state index >= 15 is 0 Å². The van der Waals surface area contributed by atoms with E-state index in [0.29, 0.717) is 17.1 Å². The van der Waals surface area contributed by atoms with Crippen LogP contribution in [0.4, 0.5) is 11.5 Å². The Kier molecular flexibility index (Phi) is 4.81. The van der Waals surface area contributed by atoms with E-state index < -0.39 is 0 Å². The third kappa shape index (κ3) is 3.87. The molecule has 128 valence electrons. The minimum Gasteiger partial charge on any atom is -0.481 e. The Balaban J connectivity index is 1.74. The monoisotopic (exact) mass is 336 g/mol. The number of carbonyl (C=O) groups excluding carboxylic acids is 1. The molecule has 4 N–H and O–H groups in total. The molecule has 0 fully saturated rings. The average molecular weight is 336 g/mol. The largest absolute Gasteiger partial charge is 0.481 e. The minimum absolute atomic E-state index is 0.103. The molecule has 25 heavy (non-hydrogen) atoms. The zero-order valence-corrected chi connectivity index (χ0v) is 14.2. The van der Waals surface area contributed by atoms with Gasteiger partial charge in [-0.25, -0.2) is 10.8 Å². The van der Waals surface area contributed by atoms with Gasteiger partial charge in [0.05, 0.1) is 0 Å². The van der Waals surface area contributed by atoms with Crippen molar-refractivity contribution < 1.29 is 9.53 Å². The third-order valence-corrected chi connectivity index (χ3v) is 3.86. The molecule has 0 radical (unpaired) electrons. The number of amides is 1. The second-order valence-corrected chi connectivity index (χ2v) is 5.82. The van der Waals surface area contributed by atoms with Crippen LogP contribution in [-0.2, 0) is 4.79 Å². The number of carbonyl (C=O) groups is 1. The molecule has 0 aliphatic heterocycles. The number of hydrogen-bond donors (Lipinski definition) is 3. The molecule has 0 atom stereocenters. The van der Waals surface area contributed by atoms with Crippen LogP contribution >= 0.6 is 0 Å². The number of nitrogens with one attached hydrogen (secondary N) is 2. The lowest BCUT2D eigenvalue weighted by Gasteiger charge is -2.12. The topological polar surface area (TPSA) is 89.3 Å². The number of aromatic nitrogens is 1. The van der Waals surface area contributed by atoms with Gasteiger partial charge in [0.15, 0.2) is 6.61 Å². The first kappa shape index (κ1) is 16.7. The Morgan fingerprint density at radius 3 is 2.80 bits per heavy atom. The van der Waals surface area contributed by atoms with Crippen molar-refractivity contribution in [2.45, 2.75) is 13.8 Å². The molecule has 2 aromatic carbocycles. The summed E-state index contributed by atoms with van der Waals surface area (Å²) in [7, 11) is 0. The van der Waals surface area contributed by atoms with Gasteiger partial charge < -0.3 is 15.5 Å². The van der Waals surface area contributed by atoms with Gasteiger partial charge in [0.2, 0.25) is 0 Å². The Bertz CT molecular complexity index is 924. The maximum atomic E-state index is 12.2. The number of anilines is 2. The van der Waals surface area contributed by atoms with Crippen LogP contribution in [0.25, 0.3) is 10.9 Å². The molecular formula is C19H20N4O2. The van der Waals surface area contributed by atoms with Crippen molar-refractivity contribution >= 4 is 28.3 Å². The van der Waals surface area contributed by atoms with Crippen molar-refractivity contribution in [3.05, 3.63) is 59.7 Å². The van der Waals surface area contributed by atoms with Gasteiger partial charge in [-0.15, -0.1) is 0 Å². The molecule has 1 aromatic heterocycles. The number of aryl methyl sites for hydroxylation is 2. The van der Waals surface area contributed by atoms with E-state index in [1.165, 1.54) is 0 Å². The molecule has 0 saturated carbocycles. The molecule has 3 aromatic rings. The van der Waals surface area contributed by atoms with Gasteiger partial charge in [-0.2, -0.15) is 0 Å². The molecule has 6 heteroatoms. The molecule has 0 aliphatic carbocycles. The Morgan fingerprint density at radius 2 is 2.00 bits per heavy atom. The van der Waals surface area contributed by atoms with Crippen LogP contribution in [0.15, 0.2) is 48.5 Å². The van der Waals surface area contributed by atoms with E-state index in [1.54, 1.807) is 12.1 Å². The maximum absolute atomic E-state index is 12.2.